The lowest BCUT2D eigenvalue weighted by atomic mass is 10.0. The van der Waals surface area contributed by atoms with Gasteiger partial charge in [-0.15, -0.1) is 0 Å². The third-order valence-corrected chi connectivity index (χ3v) is 4.05. The maximum atomic E-state index is 9.64. The van der Waals surface area contributed by atoms with Crippen LogP contribution in [0.15, 0.2) is 18.2 Å². The van der Waals surface area contributed by atoms with Gasteiger partial charge in [0, 0.05) is 41.4 Å². The molecular formula is C16H25ClN2O. The summed E-state index contributed by atoms with van der Waals surface area (Å²) in [6, 6.07) is 6.08. The number of piperidine rings is 1. The second kappa shape index (κ2) is 6.33. The number of anilines is 1. The minimum absolute atomic E-state index is 0.0640. The number of benzene rings is 1. The van der Waals surface area contributed by atoms with Gasteiger partial charge in [0.25, 0.3) is 0 Å². The van der Waals surface area contributed by atoms with E-state index in [-0.39, 0.29) is 11.6 Å². The van der Waals surface area contributed by atoms with E-state index < -0.39 is 0 Å². The molecule has 1 aliphatic rings. The van der Waals surface area contributed by atoms with Crippen molar-refractivity contribution in [2.45, 2.75) is 51.8 Å². The maximum absolute atomic E-state index is 9.64. The second-order valence-corrected chi connectivity index (χ2v) is 6.97. The van der Waals surface area contributed by atoms with Crippen LogP contribution in [-0.4, -0.2) is 29.8 Å². The van der Waals surface area contributed by atoms with Gasteiger partial charge in [-0.2, -0.15) is 0 Å². The monoisotopic (exact) mass is 296 g/mol. The molecule has 0 bridgehead atoms. The van der Waals surface area contributed by atoms with Crippen molar-refractivity contribution in [1.82, 2.24) is 5.32 Å². The van der Waals surface area contributed by atoms with E-state index in [0.29, 0.717) is 0 Å². The number of hydrogen-bond donors (Lipinski definition) is 2. The summed E-state index contributed by atoms with van der Waals surface area (Å²) < 4.78 is 0. The van der Waals surface area contributed by atoms with E-state index >= 15 is 0 Å². The molecule has 3 nitrogen and oxygen atoms in total. The Labute approximate surface area is 126 Å². The lowest BCUT2D eigenvalue weighted by molar-refractivity contribution is 0.145. The lowest BCUT2D eigenvalue weighted by Gasteiger charge is -2.33. The Morgan fingerprint density at radius 3 is 2.55 bits per heavy atom. The first kappa shape index (κ1) is 15.6. The van der Waals surface area contributed by atoms with Gasteiger partial charge in [0.05, 0.1) is 6.10 Å². The Balaban J connectivity index is 2.17. The van der Waals surface area contributed by atoms with E-state index in [1.54, 1.807) is 0 Å². The van der Waals surface area contributed by atoms with E-state index in [1.807, 2.05) is 12.1 Å². The van der Waals surface area contributed by atoms with Crippen LogP contribution in [0.2, 0.25) is 5.02 Å². The molecule has 0 aromatic heterocycles. The molecule has 1 saturated heterocycles. The zero-order valence-corrected chi connectivity index (χ0v) is 13.4. The summed E-state index contributed by atoms with van der Waals surface area (Å²) in [5.74, 6) is 0. The van der Waals surface area contributed by atoms with Crippen molar-refractivity contribution in [2.24, 2.45) is 0 Å². The normalized spacial score (nSPS) is 17.6. The number of nitrogens with zero attached hydrogens (tertiary/aromatic N) is 1. The molecule has 0 aliphatic carbocycles. The third-order valence-electron chi connectivity index (χ3n) is 3.69. The summed E-state index contributed by atoms with van der Waals surface area (Å²) in [5.41, 5.74) is 2.41. The van der Waals surface area contributed by atoms with Crippen LogP contribution in [0.25, 0.3) is 0 Å². The zero-order valence-electron chi connectivity index (χ0n) is 12.6. The summed E-state index contributed by atoms with van der Waals surface area (Å²) in [6.07, 6.45) is 1.51. The van der Waals surface area contributed by atoms with Crippen LogP contribution in [-0.2, 0) is 6.54 Å². The van der Waals surface area contributed by atoms with E-state index in [1.165, 1.54) is 5.69 Å². The molecule has 2 rings (SSSR count). The van der Waals surface area contributed by atoms with Crippen molar-refractivity contribution in [1.29, 1.82) is 0 Å². The highest BCUT2D eigenvalue weighted by Crippen LogP contribution is 2.30. The van der Waals surface area contributed by atoms with E-state index in [9.17, 15) is 5.11 Å². The number of aliphatic hydroxyl groups excluding tert-OH is 1. The fourth-order valence-electron chi connectivity index (χ4n) is 2.48. The van der Waals surface area contributed by atoms with Crippen LogP contribution in [0.4, 0.5) is 5.69 Å². The highest BCUT2D eigenvalue weighted by Gasteiger charge is 2.21. The van der Waals surface area contributed by atoms with E-state index in [0.717, 1.165) is 43.1 Å². The molecule has 0 spiro atoms. The van der Waals surface area contributed by atoms with Crippen molar-refractivity contribution in [3.63, 3.8) is 0 Å². The minimum Gasteiger partial charge on any atom is -0.393 e. The molecule has 1 aliphatic heterocycles. The highest BCUT2D eigenvalue weighted by molar-refractivity contribution is 6.31. The fraction of sp³-hybridized carbons (Fsp3) is 0.625. The number of hydrogen-bond acceptors (Lipinski definition) is 3. The Morgan fingerprint density at radius 1 is 1.30 bits per heavy atom. The molecule has 20 heavy (non-hydrogen) atoms. The topological polar surface area (TPSA) is 35.5 Å². The van der Waals surface area contributed by atoms with Gasteiger partial charge in [-0.1, -0.05) is 17.7 Å². The summed E-state index contributed by atoms with van der Waals surface area (Å²) in [7, 11) is 0. The van der Waals surface area contributed by atoms with Crippen molar-refractivity contribution in [3.8, 4) is 0 Å². The standard InChI is InChI=1S/C16H25ClN2O/c1-16(2,3)18-11-13-14(17)5-4-6-15(13)19-9-7-12(20)8-10-19/h4-6,12,18,20H,7-11H2,1-3H3. The van der Waals surface area contributed by atoms with Gasteiger partial charge in [-0.05, 0) is 45.7 Å². The Hall–Kier alpha value is -0.770. The zero-order chi connectivity index (χ0) is 14.8. The molecule has 0 atom stereocenters. The third kappa shape index (κ3) is 4.11. The van der Waals surface area contributed by atoms with Gasteiger partial charge in [0.15, 0.2) is 0 Å². The predicted molar refractivity (Wildman–Crippen MR) is 85.5 cm³/mol. The smallest absolute Gasteiger partial charge is 0.0574 e. The Bertz CT molecular complexity index is 448. The molecule has 1 aromatic carbocycles. The van der Waals surface area contributed by atoms with Crippen molar-refractivity contribution in [2.75, 3.05) is 18.0 Å². The van der Waals surface area contributed by atoms with Gasteiger partial charge >= 0.3 is 0 Å². The average Bonchev–Trinajstić information content (AvgIpc) is 2.37. The molecule has 1 aromatic rings. The maximum Gasteiger partial charge on any atom is 0.0574 e. The Kier molecular flexibility index (Phi) is 4.95. The highest BCUT2D eigenvalue weighted by atomic mass is 35.5. The van der Waals surface area contributed by atoms with Gasteiger partial charge < -0.3 is 15.3 Å². The molecule has 0 unspecified atom stereocenters. The first-order valence-electron chi connectivity index (χ1n) is 7.32. The molecule has 0 amide bonds. The average molecular weight is 297 g/mol. The number of rotatable bonds is 3. The summed E-state index contributed by atoms with van der Waals surface area (Å²) in [5, 5.41) is 14.0. The molecule has 112 valence electrons. The molecule has 1 fully saturated rings. The van der Waals surface area contributed by atoms with Crippen LogP contribution >= 0.6 is 11.6 Å². The van der Waals surface area contributed by atoms with E-state index in [2.05, 4.69) is 37.1 Å². The van der Waals surface area contributed by atoms with Crippen molar-refractivity contribution >= 4 is 17.3 Å². The minimum atomic E-state index is -0.151. The summed E-state index contributed by atoms with van der Waals surface area (Å²) in [6.45, 7) is 9.01. The van der Waals surface area contributed by atoms with Crippen LogP contribution < -0.4 is 10.2 Å². The van der Waals surface area contributed by atoms with Crippen LogP contribution in [0.3, 0.4) is 0 Å². The summed E-state index contributed by atoms with van der Waals surface area (Å²) >= 11 is 6.39. The second-order valence-electron chi connectivity index (χ2n) is 6.56. The van der Waals surface area contributed by atoms with E-state index in [4.69, 9.17) is 11.6 Å². The quantitative estimate of drug-likeness (QED) is 0.899. The number of nitrogens with one attached hydrogen (secondary N) is 1. The first-order chi connectivity index (χ1) is 9.37. The molecule has 2 N–H and O–H groups in total. The largest absolute Gasteiger partial charge is 0.393 e. The molecule has 0 saturated carbocycles. The molecule has 0 radical (unpaired) electrons. The fourth-order valence-corrected chi connectivity index (χ4v) is 2.72. The molecule has 4 heteroatoms. The first-order valence-corrected chi connectivity index (χ1v) is 7.70. The van der Waals surface area contributed by atoms with Crippen LogP contribution in [0.1, 0.15) is 39.2 Å². The lowest BCUT2D eigenvalue weighted by Crippen LogP contribution is -2.38. The number of halogens is 1. The van der Waals surface area contributed by atoms with Gasteiger partial charge in [-0.25, -0.2) is 0 Å². The SMILES string of the molecule is CC(C)(C)NCc1c(Cl)cccc1N1CCC(O)CC1. The molecule has 1 heterocycles. The number of aliphatic hydroxyl groups is 1. The van der Waals surface area contributed by atoms with Gasteiger partial charge in [0.1, 0.15) is 0 Å². The summed E-state index contributed by atoms with van der Waals surface area (Å²) in [4.78, 5) is 2.33. The van der Waals surface area contributed by atoms with Crippen LogP contribution in [0.5, 0.6) is 0 Å². The Morgan fingerprint density at radius 2 is 1.95 bits per heavy atom. The van der Waals surface area contributed by atoms with Crippen molar-refractivity contribution in [3.05, 3.63) is 28.8 Å². The molecular weight excluding hydrogens is 272 g/mol. The predicted octanol–water partition coefficient (Wildman–Crippen LogP) is 3.19. The van der Waals surface area contributed by atoms with Crippen LogP contribution in [0, 0.1) is 0 Å². The van der Waals surface area contributed by atoms with Gasteiger partial charge in [-0.3, -0.25) is 0 Å². The van der Waals surface area contributed by atoms with Gasteiger partial charge in [0.2, 0.25) is 0 Å². The van der Waals surface area contributed by atoms with Crippen molar-refractivity contribution < 1.29 is 5.11 Å².